The highest BCUT2D eigenvalue weighted by Crippen LogP contribution is 2.33. The summed E-state index contributed by atoms with van der Waals surface area (Å²) in [5, 5.41) is 11.4. The van der Waals surface area contributed by atoms with E-state index in [1.165, 1.54) is 11.8 Å². The SMILES string of the molecule is CCn1c(SCC(=O)c2ccc(Cl)c(C)c2)nnc1-c1cc(-c2ccccc2)nc2ccccc12. The first-order chi connectivity index (χ1) is 17.0. The van der Waals surface area contributed by atoms with Crippen LogP contribution in [0, 0.1) is 6.92 Å². The minimum absolute atomic E-state index is 0.0303. The van der Waals surface area contributed by atoms with Gasteiger partial charge in [-0.3, -0.25) is 4.79 Å². The number of para-hydroxylation sites is 1. The Hall–Kier alpha value is -3.48. The van der Waals surface area contributed by atoms with Gasteiger partial charge in [-0.05, 0) is 49.7 Å². The number of aromatic nitrogens is 4. The number of rotatable bonds is 7. The molecule has 0 bridgehead atoms. The number of carbonyl (C=O) groups is 1. The normalized spacial score (nSPS) is 11.2. The predicted molar refractivity (Wildman–Crippen MR) is 143 cm³/mol. The molecule has 0 aliphatic carbocycles. The van der Waals surface area contributed by atoms with Crippen LogP contribution in [0.2, 0.25) is 5.02 Å². The van der Waals surface area contributed by atoms with Gasteiger partial charge in [0.05, 0.1) is 17.0 Å². The van der Waals surface area contributed by atoms with E-state index >= 15 is 0 Å². The maximum atomic E-state index is 12.8. The molecule has 3 aromatic carbocycles. The van der Waals surface area contributed by atoms with Crippen LogP contribution in [0.15, 0.2) is 84.0 Å². The Labute approximate surface area is 213 Å². The molecule has 0 radical (unpaired) electrons. The molecule has 0 saturated heterocycles. The van der Waals surface area contributed by atoms with Gasteiger partial charge in [-0.1, -0.05) is 71.9 Å². The van der Waals surface area contributed by atoms with Crippen LogP contribution in [-0.4, -0.2) is 31.3 Å². The first-order valence-corrected chi connectivity index (χ1v) is 12.7. The molecule has 5 aromatic rings. The van der Waals surface area contributed by atoms with Crippen molar-refractivity contribution in [3.63, 3.8) is 0 Å². The first kappa shape index (κ1) is 23.3. The lowest BCUT2D eigenvalue weighted by atomic mass is 10.0. The maximum absolute atomic E-state index is 12.8. The lowest BCUT2D eigenvalue weighted by Gasteiger charge is -2.12. The highest BCUT2D eigenvalue weighted by molar-refractivity contribution is 7.99. The molecule has 2 heterocycles. The zero-order valence-electron chi connectivity index (χ0n) is 19.4. The summed E-state index contributed by atoms with van der Waals surface area (Å²) in [4.78, 5) is 17.7. The number of hydrogen-bond donors (Lipinski definition) is 0. The van der Waals surface area contributed by atoms with Crippen molar-refractivity contribution >= 4 is 40.0 Å². The van der Waals surface area contributed by atoms with E-state index in [1.54, 1.807) is 12.1 Å². The number of hydrogen-bond acceptors (Lipinski definition) is 5. The number of fused-ring (bicyclic) bond motifs is 1. The number of halogens is 1. The Morgan fingerprint density at radius 3 is 2.51 bits per heavy atom. The summed E-state index contributed by atoms with van der Waals surface area (Å²) in [5.74, 6) is 1.06. The second-order valence-corrected chi connectivity index (χ2v) is 9.51. The number of ketones is 1. The van der Waals surface area contributed by atoms with Crippen molar-refractivity contribution in [3.05, 3.63) is 95.0 Å². The summed E-state index contributed by atoms with van der Waals surface area (Å²) >= 11 is 7.51. The largest absolute Gasteiger partial charge is 0.302 e. The zero-order chi connectivity index (χ0) is 24.4. The number of nitrogens with zero attached hydrogens (tertiary/aromatic N) is 4. The summed E-state index contributed by atoms with van der Waals surface area (Å²) in [6, 6.07) is 25.6. The summed E-state index contributed by atoms with van der Waals surface area (Å²) in [6.07, 6.45) is 0. The van der Waals surface area contributed by atoms with Crippen molar-refractivity contribution in [2.75, 3.05) is 5.75 Å². The molecule has 0 atom stereocenters. The van der Waals surface area contributed by atoms with Crippen LogP contribution in [0.5, 0.6) is 0 Å². The Kier molecular flexibility index (Phi) is 6.66. The van der Waals surface area contributed by atoms with Gasteiger partial charge >= 0.3 is 0 Å². The highest BCUT2D eigenvalue weighted by Gasteiger charge is 2.19. The van der Waals surface area contributed by atoms with Crippen molar-refractivity contribution in [2.24, 2.45) is 0 Å². The third-order valence-electron chi connectivity index (χ3n) is 5.87. The Morgan fingerprint density at radius 1 is 0.971 bits per heavy atom. The smallest absolute Gasteiger partial charge is 0.191 e. The van der Waals surface area contributed by atoms with Gasteiger partial charge in [-0.25, -0.2) is 4.98 Å². The minimum atomic E-state index is 0.0303. The molecule has 0 unspecified atom stereocenters. The molecule has 0 N–H and O–H groups in total. The van der Waals surface area contributed by atoms with Gasteiger partial charge < -0.3 is 4.57 Å². The highest BCUT2D eigenvalue weighted by atomic mass is 35.5. The molecular weight excluding hydrogens is 476 g/mol. The monoisotopic (exact) mass is 498 g/mol. The molecule has 2 aromatic heterocycles. The van der Waals surface area contributed by atoms with Gasteiger partial charge in [0.2, 0.25) is 0 Å². The third-order valence-corrected chi connectivity index (χ3v) is 7.26. The van der Waals surface area contributed by atoms with Crippen LogP contribution in [-0.2, 0) is 6.54 Å². The Morgan fingerprint density at radius 2 is 1.74 bits per heavy atom. The van der Waals surface area contributed by atoms with Crippen LogP contribution in [0.4, 0.5) is 0 Å². The maximum Gasteiger partial charge on any atom is 0.191 e. The molecule has 0 aliphatic heterocycles. The summed E-state index contributed by atoms with van der Waals surface area (Å²) < 4.78 is 2.06. The third kappa shape index (κ3) is 4.72. The molecule has 0 spiro atoms. The number of benzene rings is 3. The zero-order valence-corrected chi connectivity index (χ0v) is 21.0. The quantitative estimate of drug-likeness (QED) is 0.176. The van der Waals surface area contributed by atoms with Gasteiger partial charge in [0.1, 0.15) is 0 Å². The molecular formula is C28H23ClN4OS. The van der Waals surface area contributed by atoms with E-state index in [0.29, 0.717) is 22.3 Å². The van der Waals surface area contributed by atoms with Crippen molar-refractivity contribution in [3.8, 4) is 22.6 Å². The van der Waals surface area contributed by atoms with Crippen molar-refractivity contribution in [1.82, 2.24) is 19.7 Å². The van der Waals surface area contributed by atoms with E-state index < -0.39 is 0 Å². The Bertz CT molecular complexity index is 1530. The van der Waals surface area contributed by atoms with Crippen molar-refractivity contribution in [1.29, 1.82) is 0 Å². The van der Waals surface area contributed by atoms with Gasteiger partial charge in [-0.2, -0.15) is 0 Å². The summed E-state index contributed by atoms with van der Waals surface area (Å²) in [5.41, 5.74) is 5.33. The van der Waals surface area contributed by atoms with Gasteiger partial charge in [0.15, 0.2) is 16.8 Å². The van der Waals surface area contributed by atoms with E-state index in [1.807, 2.05) is 49.4 Å². The molecule has 0 fully saturated rings. The number of Topliss-reactive ketones (excluding diaryl/α,β-unsaturated/α-hetero) is 1. The molecule has 0 saturated carbocycles. The fourth-order valence-corrected chi connectivity index (χ4v) is 5.04. The summed E-state index contributed by atoms with van der Waals surface area (Å²) in [7, 11) is 0. The molecule has 5 rings (SSSR count). The van der Waals surface area contributed by atoms with E-state index in [2.05, 4.69) is 46.0 Å². The van der Waals surface area contributed by atoms with Crippen molar-refractivity contribution < 1.29 is 4.79 Å². The van der Waals surface area contributed by atoms with E-state index in [4.69, 9.17) is 16.6 Å². The summed E-state index contributed by atoms with van der Waals surface area (Å²) in [6.45, 7) is 4.63. The van der Waals surface area contributed by atoms with E-state index in [0.717, 1.165) is 39.1 Å². The molecule has 174 valence electrons. The number of thioether (sulfide) groups is 1. The molecule has 0 amide bonds. The average Bonchev–Trinajstić information content (AvgIpc) is 3.31. The number of pyridine rings is 1. The van der Waals surface area contributed by atoms with Crippen molar-refractivity contribution in [2.45, 2.75) is 25.5 Å². The molecule has 7 heteroatoms. The van der Waals surface area contributed by atoms with Gasteiger partial charge in [-0.15, -0.1) is 10.2 Å². The minimum Gasteiger partial charge on any atom is -0.302 e. The van der Waals surface area contributed by atoms with E-state index in [-0.39, 0.29) is 11.5 Å². The van der Waals surface area contributed by atoms with E-state index in [9.17, 15) is 4.79 Å². The van der Waals surface area contributed by atoms with Crippen LogP contribution in [0.1, 0.15) is 22.8 Å². The van der Waals surface area contributed by atoms with Crippen LogP contribution < -0.4 is 0 Å². The fourth-order valence-electron chi connectivity index (χ4n) is 4.03. The van der Waals surface area contributed by atoms with Gasteiger partial charge in [0, 0.05) is 33.6 Å². The topological polar surface area (TPSA) is 60.7 Å². The van der Waals surface area contributed by atoms with Crippen LogP contribution in [0.3, 0.4) is 0 Å². The Balaban J connectivity index is 1.50. The number of aryl methyl sites for hydroxylation is 1. The lowest BCUT2D eigenvalue weighted by molar-refractivity contribution is 0.102. The molecule has 35 heavy (non-hydrogen) atoms. The fraction of sp³-hybridized carbons (Fsp3) is 0.143. The van der Waals surface area contributed by atoms with Crippen LogP contribution in [0.25, 0.3) is 33.5 Å². The standard InChI is InChI=1S/C28H23ClN4OS/c1-3-33-27(31-32-28(33)35-17-26(34)20-13-14-23(29)18(2)15-20)22-16-25(19-9-5-4-6-10-19)30-24-12-8-7-11-21(22)24/h4-16H,3,17H2,1-2H3. The second-order valence-electron chi connectivity index (χ2n) is 8.16. The lowest BCUT2D eigenvalue weighted by Crippen LogP contribution is -2.06. The average molecular weight is 499 g/mol. The van der Waals surface area contributed by atoms with Crippen LogP contribution >= 0.6 is 23.4 Å². The predicted octanol–water partition coefficient (Wildman–Crippen LogP) is 7.12. The first-order valence-electron chi connectivity index (χ1n) is 11.4. The molecule has 0 aliphatic rings. The number of carbonyl (C=O) groups excluding carboxylic acids is 1. The van der Waals surface area contributed by atoms with Gasteiger partial charge in [0.25, 0.3) is 0 Å². The molecule has 5 nitrogen and oxygen atoms in total. The second kappa shape index (κ2) is 10.0.